The molecule has 2 rings (SSSR count). The molecule has 1 aliphatic rings. The number of nitrogens with two attached hydrogens (primary N) is 1. The Balaban J connectivity index is 2.44. The zero-order valence-electron chi connectivity index (χ0n) is 7.88. The fourth-order valence-corrected chi connectivity index (χ4v) is 1.81. The molecule has 1 aliphatic carbocycles. The second-order valence-corrected chi connectivity index (χ2v) is 4.01. The summed E-state index contributed by atoms with van der Waals surface area (Å²) >= 11 is 0. The maximum Gasteiger partial charge on any atom is 0.119 e. The van der Waals surface area contributed by atoms with E-state index in [9.17, 15) is 5.11 Å². The van der Waals surface area contributed by atoms with Crippen molar-refractivity contribution in [2.24, 2.45) is 5.73 Å². The predicted molar refractivity (Wildman–Crippen MR) is 52.8 cm³/mol. The fraction of sp³-hybridized carbons (Fsp3) is 0.455. The summed E-state index contributed by atoms with van der Waals surface area (Å²) in [5, 5.41) is 9.69. The van der Waals surface area contributed by atoms with Crippen molar-refractivity contribution in [1.29, 1.82) is 0 Å². The van der Waals surface area contributed by atoms with Crippen molar-refractivity contribution in [2.75, 3.05) is 6.54 Å². The maximum atomic E-state index is 9.69. The lowest BCUT2D eigenvalue weighted by molar-refractivity contribution is 0.459. The Labute approximate surface area is 78.4 Å². The molecule has 70 valence electrons. The van der Waals surface area contributed by atoms with Gasteiger partial charge < -0.3 is 10.8 Å². The van der Waals surface area contributed by atoms with Gasteiger partial charge in [-0.25, -0.2) is 0 Å². The van der Waals surface area contributed by atoms with Crippen LogP contribution in [0.15, 0.2) is 18.2 Å². The van der Waals surface area contributed by atoms with Gasteiger partial charge in [-0.2, -0.15) is 0 Å². The van der Waals surface area contributed by atoms with Crippen molar-refractivity contribution in [1.82, 2.24) is 0 Å². The van der Waals surface area contributed by atoms with Crippen LogP contribution in [0.3, 0.4) is 0 Å². The summed E-state index contributed by atoms with van der Waals surface area (Å²) in [6.45, 7) is 2.68. The molecule has 0 aliphatic heterocycles. The minimum Gasteiger partial charge on any atom is -0.508 e. The van der Waals surface area contributed by atoms with E-state index in [0.29, 0.717) is 12.3 Å². The van der Waals surface area contributed by atoms with Crippen molar-refractivity contribution in [3.05, 3.63) is 29.3 Å². The third kappa shape index (κ3) is 1.31. The highest BCUT2D eigenvalue weighted by molar-refractivity contribution is 5.44. The van der Waals surface area contributed by atoms with Gasteiger partial charge in [-0.15, -0.1) is 0 Å². The van der Waals surface area contributed by atoms with E-state index in [2.05, 4.69) is 6.07 Å². The largest absolute Gasteiger partial charge is 0.508 e. The van der Waals surface area contributed by atoms with Crippen LogP contribution in [0.1, 0.15) is 24.0 Å². The molecule has 0 heterocycles. The molecule has 0 unspecified atom stereocenters. The average Bonchev–Trinajstić information content (AvgIpc) is 2.90. The summed E-state index contributed by atoms with van der Waals surface area (Å²) in [5.74, 6) is 0.397. The summed E-state index contributed by atoms with van der Waals surface area (Å²) < 4.78 is 0. The number of aromatic hydroxyl groups is 1. The van der Waals surface area contributed by atoms with Gasteiger partial charge in [0.25, 0.3) is 0 Å². The van der Waals surface area contributed by atoms with Gasteiger partial charge in [0.1, 0.15) is 5.75 Å². The Hall–Kier alpha value is -1.02. The molecule has 0 aromatic heterocycles. The Bertz CT molecular complexity index is 329. The molecule has 13 heavy (non-hydrogen) atoms. The van der Waals surface area contributed by atoms with E-state index in [-0.39, 0.29) is 5.41 Å². The molecule has 1 aromatic rings. The summed E-state index contributed by atoms with van der Waals surface area (Å²) in [6, 6.07) is 5.74. The third-order valence-electron chi connectivity index (χ3n) is 2.97. The number of phenolic OH excluding ortho intramolecular Hbond substituents is 1. The van der Waals surface area contributed by atoms with Crippen molar-refractivity contribution in [3.8, 4) is 5.75 Å². The van der Waals surface area contributed by atoms with Crippen LogP contribution in [0.25, 0.3) is 0 Å². The van der Waals surface area contributed by atoms with Crippen molar-refractivity contribution in [3.63, 3.8) is 0 Å². The second kappa shape index (κ2) is 2.74. The Morgan fingerprint density at radius 1 is 1.46 bits per heavy atom. The molecule has 0 atom stereocenters. The van der Waals surface area contributed by atoms with Gasteiger partial charge in [-0.05, 0) is 25.8 Å². The molecule has 0 bridgehead atoms. The average molecular weight is 177 g/mol. The van der Waals surface area contributed by atoms with Crippen molar-refractivity contribution < 1.29 is 5.11 Å². The van der Waals surface area contributed by atoms with Gasteiger partial charge >= 0.3 is 0 Å². The molecular formula is C11H15NO. The molecule has 1 aromatic carbocycles. The zero-order valence-corrected chi connectivity index (χ0v) is 7.88. The number of benzene rings is 1. The van der Waals surface area contributed by atoms with Crippen LogP contribution < -0.4 is 5.73 Å². The summed E-state index contributed by atoms with van der Waals surface area (Å²) in [4.78, 5) is 0. The minimum absolute atomic E-state index is 0.0934. The van der Waals surface area contributed by atoms with E-state index in [1.807, 2.05) is 13.0 Å². The second-order valence-electron chi connectivity index (χ2n) is 4.01. The van der Waals surface area contributed by atoms with Crippen LogP contribution in [-0.4, -0.2) is 11.7 Å². The highest BCUT2D eigenvalue weighted by Gasteiger charge is 2.44. The van der Waals surface area contributed by atoms with Gasteiger partial charge in [0.15, 0.2) is 0 Å². The molecule has 3 N–H and O–H groups in total. The van der Waals surface area contributed by atoms with Crippen LogP contribution in [0.2, 0.25) is 0 Å². The quantitative estimate of drug-likeness (QED) is 0.722. The Morgan fingerprint density at radius 2 is 2.15 bits per heavy atom. The van der Waals surface area contributed by atoms with Gasteiger partial charge in [0.2, 0.25) is 0 Å². The number of rotatable bonds is 2. The van der Waals surface area contributed by atoms with Gasteiger partial charge in [-0.1, -0.05) is 17.7 Å². The zero-order chi connectivity index (χ0) is 9.47. The summed E-state index contributed by atoms with van der Waals surface area (Å²) in [6.07, 6.45) is 2.22. The van der Waals surface area contributed by atoms with Crippen LogP contribution in [0.4, 0.5) is 0 Å². The molecule has 1 saturated carbocycles. The summed E-state index contributed by atoms with van der Waals surface area (Å²) in [7, 11) is 0. The van der Waals surface area contributed by atoms with Crippen LogP contribution in [-0.2, 0) is 5.41 Å². The standard InChI is InChI=1S/C11H15NO/c1-8-2-3-10(13)9(6-8)11(7-12)4-5-11/h2-3,6,13H,4-5,7,12H2,1H3. The highest BCUT2D eigenvalue weighted by atomic mass is 16.3. The van der Waals surface area contributed by atoms with E-state index in [1.54, 1.807) is 6.07 Å². The number of hydrogen-bond donors (Lipinski definition) is 2. The predicted octanol–water partition coefficient (Wildman–Crippen LogP) is 1.69. The normalized spacial score (nSPS) is 18.6. The maximum absolute atomic E-state index is 9.69. The fourth-order valence-electron chi connectivity index (χ4n) is 1.81. The highest BCUT2D eigenvalue weighted by Crippen LogP contribution is 2.50. The van der Waals surface area contributed by atoms with E-state index >= 15 is 0 Å². The van der Waals surface area contributed by atoms with E-state index in [1.165, 1.54) is 5.56 Å². The first-order valence-electron chi connectivity index (χ1n) is 4.68. The SMILES string of the molecule is Cc1ccc(O)c(C2(CN)CC2)c1. The molecule has 0 spiro atoms. The lowest BCUT2D eigenvalue weighted by atomic mass is 9.94. The lowest BCUT2D eigenvalue weighted by Crippen LogP contribution is -2.19. The first kappa shape index (κ1) is 8.57. The van der Waals surface area contributed by atoms with Crippen molar-refractivity contribution >= 4 is 0 Å². The number of hydrogen-bond acceptors (Lipinski definition) is 2. The first-order chi connectivity index (χ1) is 6.18. The van der Waals surface area contributed by atoms with Gasteiger partial charge in [-0.3, -0.25) is 0 Å². The third-order valence-corrected chi connectivity index (χ3v) is 2.97. The molecular weight excluding hydrogens is 162 g/mol. The lowest BCUT2D eigenvalue weighted by Gasteiger charge is -2.14. The van der Waals surface area contributed by atoms with E-state index in [4.69, 9.17) is 5.73 Å². The van der Waals surface area contributed by atoms with Crippen LogP contribution >= 0.6 is 0 Å². The molecule has 2 nitrogen and oxygen atoms in total. The first-order valence-corrected chi connectivity index (χ1v) is 4.68. The number of phenols is 1. The number of aryl methyl sites for hydroxylation is 1. The monoisotopic (exact) mass is 177 g/mol. The summed E-state index contributed by atoms with van der Waals surface area (Å²) in [5.41, 5.74) is 8.03. The van der Waals surface area contributed by atoms with Crippen LogP contribution in [0.5, 0.6) is 5.75 Å². The van der Waals surface area contributed by atoms with Crippen LogP contribution in [0, 0.1) is 6.92 Å². The topological polar surface area (TPSA) is 46.2 Å². The molecule has 0 amide bonds. The minimum atomic E-state index is 0.0934. The molecule has 1 fully saturated rings. The van der Waals surface area contributed by atoms with Crippen molar-refractivity contribution in [2.45, 2.75) is 25.2 Å². The van der Waals surface area contributed by atoms with Gasteiger partial charge in [0, 0.05) is 17.5 Å². The smallest absolute Gasteiger partial charge is 0.119 e. The molecule has 0 radical (unpaired) electrons. The molecule has 2 heteroatoms. The van der Waals surface area contributed by atoms with E-state index < -0.39 is 0 Å². The Morgan fingerprint density at radius 3 is 2.69 bits per heavy atom. The van der Waals surface area contributed by atoms with E-state index in [0.717, 1.165) is 18.4 Å². The van der Waals surface area contributed by atoms with Gasteiger partial charge in [0.05, 0.1) is 0 Å². The Kier molecular flexibility index (Phi) is 1.81. The molecule has 0 saturated heterocycles.